The van der Waals surface area contributed by atoms with E-state index >= 15 is 0 Å². The van der Waals surface area contributed by atoms with Gasteiger partial charge in [0.1, 0.15) is 23.1 Å². The molecule has 2 aromatic heterocycles. The van der Waals surface area contributed by atoms with Crippen LogP contribution >= 0.6 is 27.3 Å². The van der Waals surface area contributed by atoms with Gasteiger partial charge in [0.25, 0.3) is 5.91 Å². The van der Waals surface area contributed by atoms with E-state index in [-0.39, 0.29) is 5.91 Å². The summed E-state index contributed by atoms with van der Waals surface area (Å²) in [5.74, 6) is 1.44. The third-order valence-corrected chi connectivity index (χ3v) is 7.64. The van der Waals surface area contributed by atoms with E-state index in [4.69, 9.17) is 14.1 Å². The summed E-state index contributed by atoms with van der Waals surface area (Å²) >= 11 is 5.08. The normalized spacial score (nSPS) is 13.1. The van der Waals surface area contributed by atoms with Crippen LogP contribution in [0.4, 0.5) is 5.00 Å². The number of carbonyl (C=O) groups is 1. The predicted octanol–water partition coefficient (Wildman–Crippen LogP) is 7.24. The number of nitrogens with one attached hydrogen (secondary N) is 1. The van der Waals surface area contributed by atoms with E-state index in [0.29, 0.717) is 18.7 Å². The van der Waals surface area contributed by atoms with Gasteiger partial charge in [-0.15, -0.1) is 11.3 Å². The summed E-state index contributed by atoms with van der Waals surface area (Å²) in [5.41, 5.74) is 3.93. The zero-order valence-corrected chi connectivity index (χ0v) is 21.5. The second-order valence-corrected chi connectivity index (χ2v) is 10.4. The molecule has 35 heavy (non-hydrogen) atoms. The van der Waals surface area contributed by atoms with E-state index in [2.05, 4.69) is 21.2 Å². The van der Waals surface area contributed by atoms with Crippen molar-refractivity contribution in [1.29, 1.82) is 0 Å². The molecule has 0 radical (unpaired) electrons. The van der Waals surface area contributed by atoms with E-state index in [1.54, 1.807) is 17.6 Å². The molecule has 0 unspecified atom stereocenters. The number of carbonyl (C=O) groups excluding carboxylic acids is 1. The molecule has 2 heterocycles. The smallest absolute Gasteiger partial charge is 0.255 e. The number of furan rings is 1. The van der Waals surface area contributed by atoms with Crippen LogP contribution in [-0.4, -0.2) is 12.1 Å². The van der Waals surface area contributed by atoms with Crippen molar-refractivity contribution in [3.8, 4) is 5.75 Å². The van der Waals surface area contributed by atoms with Crippen LogP contribution in [0.3, 0.4) is 0 Å². The van der Waals surface area contributed by atoms with Gasteiger partial charge in [0.2, 0.25) is 0 Å². The van der Waals surface area contributed by atoms with Crippen molar-refractivity contribution in [2.45, 2.75) is 38.8 Å². The number of benzene rings is 2. The van der Waals surface area contributed by atoms with Crippen LogP contribution in [0.5, 0.6) is 5.75 Å². The minimum Gasteiger partial charge on any atom is -0.489 e. The number of thiophene rings is 1. The van der Waals surface area contributed by atoms with Crippen LogP contribution in [0.2, 0.25) is 0 Å². The molecule has 1 aliphatic rings. The van der Waals surface area contributed by atoms with Crippen LogP contribution in [0, 0.1) is 0 Å². The second-order valence-electron chi connectivity index (χ2n) is 8.40. The van der Waals surface area contributed by atoms with E-state index < -0.39 is 0 Å². The van der Waals surface area contributed by atoms with Gasteiger partial charge in [-0.2, -0.15) is 0 Å². The minimum absolute atomic E-state index is 0.0929. The molecular weight excluding hydrogens is 524 g/mol. The van der Waals surface area contributed by atoms with Crippen molar-refractivity contribution >= 4 is 44.4 Å². The Balaban J connectivity index is 1.28. The Kier molecular flexibility index (Phi) is 7.45. The number of amides is 1. The summed E-state index contributed by atoms with van der Waals surface area (Å²) in [4.78, 5) is 19.1. The highest BCUT2D eigenvalue weighted by Crippen LogP contribution is 2.40. The first kappa shape index (κ1) is 23.6. The van der Waals surface area contributed by atoms with Gasteiger partial charge in [0.15, 0.2) is 0 Å². The van der Waals surface area contributed by atoms with Gasteiger partial charge in [0.05, 0.1) is 18.4 Å². The first-order chi connectivity index (χ1) is 17.2. The highest BCUT2D eigenvalue weighted by Gasteiger charge is 2.25. The molecule has 0 fully saturated rings. The van der Waals surface area contributed by atoms with Crippen molar-refractivity contribution in [2.24, 2.45) is 4.99 Å². The first-order valence-electron chi connectivity index (χ1n) is 11.6. The number of fused-ring (bicyclic) bond motifs is 1. The van der Waals surface area contributed by atoms with Crippen LogP contribution in [-0.2, 0) is 26.0 Å². The molecule has 0 spiro atoms. The van der Waals surface area contributed by atoms with Crippen LogP contribution in [0.1, 0.15) is 50.5 Å². The summed E-state index contributed by atoms with van der Waals surface area (Å²) < 4.78 is 12.3. The molecule has 4 aromatic rings. The molecule has 0 saturated heterocycles. The number of aryl methyl sites for hydroxylation is 1. The number of halogens is 1. The fourth-order valence-corrected chi connectivity index (χ4v) is 5.57. The van der Waals surface area contributed by atoms with Gasteiger partial charge < -0.3 is 14.5 Å². The maximum atomic E-state index is 13.1. The minimum atomic E-state index is -0.0929. The van der Waals surface area contributed by atoms with Gasteiger partial charge in [-0.3, -0.25) is 4.79 Å². The summed E-state index contributed by atoms with van der Waals surface area (Å²) in [7, 11) is 0. The number of hydrogen-bond acceptors (Lipinski definition) is 5. The molecule has 2 aromatic carbocycles. The van der Waals surface area contributed by atoms with Gasteiger partial charge in [0, 0.05) is 15.6 Å². The maximum Gasteiger partial charge on any atom is 0.255 e. The topological polar surface area (TPSA) is 63.8 Å². The molecule has 0 bridgehead atoms. The zero-order valence-electron chi connectivity index (χ0n) is 19.1. The third kappa shape index (κ3) is 5.92. The SMILES string of the molecule is O=C(NCc1ccco1)c1c(N=Cc2ccc(OCc3ccc(Br)cc3)cc2)sc2c1CCCC2. The lowest BCUT2D eigenvalue weighted by molar-refractivity contribution is 0.0948. The van der Waals surface area contributed by atoms with Crippen molar-refractivity contribution in [2.75, 3.05) is 0 Å². The molecule has 0 aliphatic heterocycles. The first-order valence-corrected chi connectivity index (χ1v) is 13.2. The van der Waals surface area contributed by atoms with Gasteiger partial charge in [-0.25, -0.2) is 4.99 Å². The highest BCUT2D eigenvalue weighted by molar-refractivity contribution is 9.10. The Hall–Kier alpha value is -3.16. The van der Waals surface area contributed by atoms with Crippen LogP contribution in [0.25, 0.3) is 0 Å². The number of ether oxygens (including phenoxy) is 1. The van der Waals surface area contributed by atoms with Crippen molar-refractivity contribution in [3.63, 3.8) is 0 Å². The maximum absolute atomic E-state index is 13.1. The van der Waals surface area contributed by atoms with Crippen molar-refractivity contribution in [1.82, 2.24) is 5.32 Å². The fraction of sp³-hybridized carbons (Fsp3) is 0.214. The molecule has 7 heteroatoms. The van der Waals surface area contributed by atoms with Gasteiger partial charge >= 0.3 is 0 Å². The average molecular weight is 549 g/mol. The summed E-state index contributed by atoms with van der Waals surface area (Å²) in [6, 6.07) is 19.6. The average Bonchev–Trinajstić information content (AvgIpc) is 3.54. The van der Waals surface area contributed by atoms with Crippen LogP contribution < -0.4 is 10.1 Å². The molecule has 0 saturated carbocycles. The monoisotopic (exact) mass is 548 g/mol. The standard InChI is InChI=1S/C28H25BrN2O3S/c29-21-11-7-20(8-12-21)18-34-22-13-9-19(10-14-22)16-31-28-26(24-5-1-2-6-25(24)35-28)27(32)30-17-23-4-3-15-33-23/h3-4,7-16H,1-2,5-6,17-18H2,(H,30,32). The lowest BCUT2D eigenvalue weighted by Crippen LogP contribution is -2.23. The molecule has 1 N–H and O–H groups in total. The largest absolute Gasteiger partial charge is 0.489 e. The molecular formula is C28H25BrN2O3S. The Morgan fingerprint density at radius 1 is 1.09 bits per heavy atom. The molecule has 1 amide bonds. The van der Waals surface area contributed by atoms with Crippen molar-refractivity contribution in [3.05, 3.63) is 104 Å². The number of rotatable bonds is 8. The molecule has 178 valence electrons. The molecule has 0 atom stereocenters. The van der Waals surface area contributed by atoms with E-state index in [9.17, 15) is 4.79 Å². The quantitative estimate of drug-likeness (QED) is 0.236. The fourth-order valence-electron chi connectivity index (χ4n) is 4.08. The zero-order chi connectivity index (χ0) is 24.0. The van der Waals surface area contributed by atoms with Gasteiger partial charge in [-0.05, 0) is 90.9 Å². The third-order valence-electron chi connectivity index (χ3n) is 5.91. The number of nitrogens with zero attached hydrogens (tertiary/aromatic N) is 1. The lowest BCUT2D eigenvalue weighted by Gasteiger charge is -2.12. The Labute approximate surface area is 217 Å². The van der Waals surface area contributed by atoms with E-state index in [1.807, 2.05) is 66.9 Å². The van der Waals surface area contributed by atoms with E-state index in [0.717, 1.165) is 63.4 Å². The molecule has 1 aliphatic carbocycles. The predicted molar refractivity (Wildman–Crippen MR) is 143 cm³/mol. The number of aliphatic imine (C=N–C) groups is 1. The van der Waals surface area contributed by atoms with E-state index in [1.165, 1.54) is 4.88 Å². The molecule has 5 nitrogen and oxygen atoms in total. The van der Waals surface area contributed by atoms with Gasteiger partial charge in [-0.1, -0.05) is 28.1 Å². The Bertz CT molecular complexity index is 1310. The Morgan fingerprint density at radius 3 is 2.66 bits per heavy atom. The van der Waals surface area contributed by atoms with Crippen LogP contribution in [0.15, 0.2) is 80.8 Å². The highest BCUT2D eigenvalue weighted by atomic mass is 79.9. The Morgan fingerprint density at radius 2 is 1.89 bits per heavy atom. The summed E-state index contributed by atoms with van der Waals surface area (Å²) in [6.45, 7) is 0.874. The number of hydrogen-bond donors (Lipinski definition) is 1. The van der Waals surface area contributed by atoms with Crippen molar-refractivity contribution < 1.29 is 13.9 Å². The lowest BCUT2D eigenvalue weighted by atomic mass is 9.95. The summed E-state index contributed by atoms with van der Waals surface area (Å²) in [6.07, 6.45) is 7.63. The molecule has 5 rings (SSSR count). The second kappa shape index (κ2) is 11.1. The summed E-state index contributed by atoms with van der Waals surface area (Å²) in [5, 5.41) is 3.76.